The number of carbonyl (C=O) groups is 1. The van der Waals surface area contributed by atoms with Gasteiger partial charge in [-0.25, -0.2) is 0 Å². The van der Waals surface area contributed by atoms with Gasteiger partial charge in [0.1, 0.15) is 18.9 Å². The molecule has 0 radical (unpaired) electrons. The molecular formula is C18H21N5O3. The quantitative estimate of drug-likeness (QED) is 0.878. The molecule has 3 rings (SSSR count). The van der Waals surface area contributed by atoms with Gasteiger partial charge in [-0.1, -0.05) is 19.9 Å². The SMILES string of the molecule is CC(C)[C@@H](NC(=O)Cn1cnnc1C#N)c1ccc2c(c1)OCCCO2. The molecule has 8 heteroatoms. The fourth-order valence-electron chi connectivity index (χ4n) is 2.84. The van der Waals surface area contributed by atoms with Crippen LogP contribution < -0.4 is 14.8 Å². The van der Waals surface area contributed by atoms with Crippen molar-refractivity contribution in [1.82, 2.24) is 20.1 Å². The van der Waals surface area contributed by atoms with E-state index < -0.39 is 0 Å². The lowest BCUT2D eigenvalue weighted by molar-refractivity contribution is -0.122. The largest absolute Gasteiger partial charge is 0.490 e. The average Bonchev–Trinajstić information content (AvgIpc) is 2.93. The summed E-state index contributed by atoms with van der Waals surface area (Å²) in [4.78, 5) is 12.5. The Morgan fingerprint density at radius 3 is 2.85 bits per heavy atom. The number of rotatable bonds is 5. The topological polar surface area (TPSA) is 102 Å². The number of amides is 1. The zero-order valence-corrected chi connectivity index (χ0v) is 14.8. The average molecular weight is 355 g/mol. The first kappa shape index (κ1) is 17.7. The van der Waals surface area contributed by atoms with E-state index in [0.29, 0.717) is 19.0 Å². The Hall–Kier alpha value is -3.08. The Labute approximate surface area is 151 Å². The summed E-state index contributed by atoms with van der Waals surface area (Å²) in [5.74, 6) is 1.48. The summed E-state index contributed by atoms with van der Waals surface area (Å²) in [6.45, 7) is 5.31. The fraction of sp³-hybridized carbons (Fsp3) is 0.444. The van der Waals surface area contributed by atoms with Crippen molar-refractivity contribution in [2.45, 2.75) is 32.9 Å². The van der Waals surface area contributed by atoms with Gasteiger partial charge in [0.25, 0.3) is 0 Å². The molecule has 1 N–H and O–H groups in total. The third kappa shape index (κ3) is 3.94. The predicted octanol–water partition coefficient (Wildman–Crippen LogP) is 1.82. The number of nitrogens with one attached hydrogen (secondary N) is 1. The molecule has 1 amide bonds. The molecule has 0 unspecified atom stereocenters. The Balaban J connectivity index is 1.76. The molecule has 0 spiro atoms. The van der Waals surface area contributed by atoms with E-state index >= 15 is 0 Å². The molecule has 0 bridgehead atoms. The van der Waals surface area contributed by atoms with Crippen LogP contribution in [0.5, 0.6) is 11.5 Å². The van der Waals surface area contributed by atoms with Crippen LogP contribution in [-0.2, 0) is 11.3 Å². The molecule has 0 fully saturated rings. The minimum Gasteiger partial charge on any atom is -0.490 e. The Morgan fingerprint density at radius 1 is 1.35 bits per heavy atom. The number of ether oxygens (including phenoxy) is 2. The Morgan fingerprint density at radius 2 is 2.12 bits per heavy atom. The van der Waals surface area contributed by atoms with Crippen LogP contribution in [0.1, 0.15) is 37.7 Å². The summed E-state index contributed by atoms with van der Waals surface area (Å²) in [6.07, 6.45) is 2.21. The molecule has 1 aliphatic rings. The van der Waals surface area contributed by atoms with Gasteiger partial charge in [-0.05, 0) is 23.6 Å². The summed E-state index contributed by atoms with van der Waals surface area (Å²) in [5.41, 5.74) is 0.946. The number of hydrogen-bond donors (Lipinski definition) is 1. The maximum Gasteiger partial charge on any atom is 0.240 e. The second-order valence-electron chi connectivity index (χ2n) is 6.44. The van der Waals surface area contributed by atoms with Crippen LogP contribution in [-0.4, -0.2) is 33.9 Å². The highest BCUT2D eigenvalue weighted by Crippen LogP contribution is 2.34. The molecule has 0 aliphatic carbocycles. The van der Waals surface area contributed by atoms with E-state index in [1.807, 2.05) is 38.1 Å². The standard InChI is InChI=1S/C18H21N5O3/c1-12(2)18(21-17(24)10-23-11-20-22-16(23)9-19)13-4-5-14-15(8-13)26-7-3-6-25-14/h4-5,8,11-12,18H,3,6-7,10H2,1-2H3,(H,21,24)/t18-/m1/s1. The molecule has 1 aromatic carbocycles. The molecule has 1 aliphatic heterocycles. The first-order chi connectivity index (χ1) is 12.6. The van der Waals surface area contributed by atoms with Crippen molar-refractivity contribution in [3.8, 4) is 17.6 Å². The first-order valence-electron chi connectivity index (χ1n) is 8.55. The zero-order valence-electron chi connectivity index (χ0n) is 14.8. The number of fused-ring (bicyclic) bond motifs is 1. The van der Waals surface area contributed by atoms with E-state index in [1.54, 1.807) is 0 Å². The van der Waals surface area contributed by atoms with E-state index in [2.05, 4.69) is 15.5 Å². The van der Waals surface area contributed by atoms with Crippen molar-refractivity contribution in [3.05, 3.63) is 35.9 Å². The smallest absolute Gasteiger partial charge is 0.240 e. The Kier molecular flexibility index (Phi) is 5.37. The number of nitriles is 1. The molecule has 26 heavy (non-hydrogen) atoms. The van der Waals surface area contributed by atoms with Crippen molar-refractivity contribution in [2.75, 3.05) is 13.2 Å². The summed E-state index contributed by atoms with van der Waals surface area (Å²) in [5, 5.41) is 19.3. The molecule has 0 saturated carbocycles. The maximum atomic E-state index is 12.5. The second-order valence-corrected chi connectivity index (χ2v) is 6.44. The molecule has 2 aromatic rings. The van der Waals surface area contributed by atoms with Gasteiger partial charge in [-0.2, -0.15) is 5.26 Å². The van der Waals surface area contributed by atoms with Gasteiger partial charge in [0.2, 0.25) is 11.7 Å². The molecule has 8 nitrogen and oxygen atoms in total. The maximum absolute atomic E-state index is 12.5. The van der Waals surface area contributed by atoms with Crippen LogP contribution in [0, 0.1) is 17.2 Å². The number of benzene rings is 1. The predicted molar refractivity (Wildman–Crippen MR) is 92.5 cm³/mol. The van der Waals surface area contributed by atoms with Crippen molar-refractivity contribution < 1.29 is 14.3 Å². The van der Waals surface area contributed by atoms with E-state index in [0.717, 1.165) is 17.7 Å². The highest BCUT2D eigenvalue weighted by Gasteiger charge is 2.21. The van der Waals surface area contributed by atoms with Crippen LogP contribution in [0.4, 0.5) is 0 Å². The molecule has 1 aromatic heterocycles. The summed E-state index contributed by atoms with van der Waals surface area (Å²) in [6, 6.07) is 7.46. The number of hydrogen-bond acceptors (Lipinski definition) is 6. The van der Waals surface area contributed by atoms with Gasteiger partial charge in [-0.15, -0.1) is 10.2 Å². The summed E-state index contributed by atoms with van der Waals surface area (Å²) >= 11 is 0. The zero-order chi connectivity index (χ0) is 18.5. The number of carbonyl (C=O) groups excluding carboxylic acids is 1. The molecule has 0 saturated heterocycles. The number of aromatic nitrogens is 3. The van der Waals surface area contributed by atoms with Crippen molar-refractivity contribution in [1.29, 1.82) is 5.26 Å². The van der Waals surface area contributed by atoms with Gasteiger partial charge in [0.15, 0.2) is 11.5 Å². The second kappa shape index (κ2) is 7.87. The summed E-state index contributed by atoms with van der Waals surface area (Å²) < 4.78 is 12.8. The minimum atomic E-state index is -0.216. The van der Waals surface area contributed by atoms with Gasteiger partial charge >= 0.3 is 0 Å². The lowest BCUT2D eigenvalue weighted by atomic mass is 9.95. The van der Waals surface area contributed by atoms with E-state index in [-0.39, 0.29) is 30.2 Å². The molecule has 136 valence electrons. The summed E-state index contributed by atoms with van der Waals surface area (Å²) in [7, 11) is 0. The lowest BCUT2D eigenvalue weighted by Crippen LogP contribution is -2.34. The van der Waals surface area contributed by atoms with Gasteiger partial charge < -0.3 is 14.8 Å². The van der Waals surface area contributed by atoms with E-state index in [4.69, 9.17) is 14.7 Å². The number of nitrogens with zero attached hydrogens (tertiary/aromatic N) is 4. The highest BCUT2D eigenvalue weighted by molar-refractivity contribution is 5.76. The van der Waals surface area contributed by atoms with Crippen molar-refractivity contribution >= 4 is 5.91 Å². The van der Waals surface area contributed by atoms with Crippen molar-refractivity contribution in [2.24, 2.45) is 5.92 Å². The third-order valence-electron chi connectivity index (χ3n) is 4.14. The molecule has 1 atom stereocenters. The molecule has 2 heterocycles. The Bertz CT molecular complexity index is 824. The van der Waals surface area contributed by atoms with Crippen molar-refractivity contribution in [3.63, 3.8) is 0 Å². The fourth-order valence-corrected chi connectivity index (χ4v) is 2.84. The first-order valence-corrected chi connectivity index (χ1v) is 8.55. The molecular weight excluding hydrogens is 334 g/mol. The van der Waals surface area contributed by atoms with Crippen LogP contribution in [0.2, 0.25) is 0 Å². The van der Waals surface area contributed by atoms with Gasteiger partial charge in [-0.3, -0.25) is 9.36 Å². The van der Waals surface area contributed by atoms with Crippen LogP contribution >= 0.6 is 0 Å². The normalized spacial score (nSPS) is 14.4. The van der Waals surface area contributed by atoms with Crippen LogP contribution in [0.15, 0.2) is 24.5 Å². The van der Waals surface area contributed by atoms with Gasteiger partial charge in [0.05, 0.1) is 19.3 Å². The lowest BCUT2D eigenvalue weighted by Gasteiger charge is -2.24. The van der Waals surface area contributed by atoms with Crippen LogP contribution in [0.25, 0.3) is 0 Å². The minimum absolute atomic E-state index is 0.0103. The van der Waals surface area contributed by atoms with E-state index in [9.17, 15) is 4.79 Å². The van der Waals surface area contributed by atoms with Gasteiger partial charge in [0, 0.05) is 6.42 Å². The highest BCUT2D eigenvalue weighted by atomic mass is 16.5. The third-order valence-corrected chi connectivity index (χ3v) is 4.14. The van der Waals surface area contributed by atoms with E-state index in [1.165, 1.54) is 10.9 Å². The monoisotopic (exact) mass is 355 g/mol. The van der Waals surface area contributed by atoms with Crippen LogP contribution in [0.3, 0.4) is 0 Å².